The molecular weight excluding hydrogens is 284 g/mol. The number of hydrogen-bond donors (Lipinski definition) is 1. The minimum Gasteiger partial charge on any atom is -0.483 e. The normalized spacial score (nSPS) is 18.3. The van der Waals surface area contributed by atoms with Gasteiger partial charge in [0.2, 0.25) is 0 Å². The molecule has 0 aliphatic carbocycles. The van der Waals surface area contributed by atoms with Gasteiger partial charge < -0.3 is 10.1 Å². The number of ether oxygens (including phenoxy) is 1. The molecule has 2 heterocycles. The van der Waals surface area contributed by atoms with Gasteiger partial charge in [0, 0.05) is 17.7 Å². The molecule has 0 aromatic heterocycles. The van der Waals surface area contributed by atoms with Crippen LogP contribution in [0.5, 0.6) is 5.75 Å². The van der Waals surface area contributed by atoms with Gasteiger partial charge in [-0.1, -0.05) is 30.3 Å². The SMILES string of the molecule is CC1(C)C=C(c2ccccc2)c2cc(C3=NCCN3)ccc2O1. The van der Waals surface area contributed by atoms with Gasteiger partial charge in [0.25, 0.3) is 0 Å². The highest BCUT2D eigenvalue weighted by atomic mass is 16.5. The fourth-order valence-corrected chi connectivity index (χ4v) is 3.16. The Labute approximate surface area is 136 Å². The lowest BCUT2D eigenvalue weighted by Crippen LogP contribution is -2.29. The van der Waals surface area contributed by atoms with Crippen LogP contribution < -0.4 is 10.1 Å². The van der Waals surface area contributed by atoms with Crippen LogP contribution in [0.4, 0.5) is 0 Å². The maximum atomic E-state index is 6.15. The highest BCUT2D eigenvalue weighted by Crippen LogP contribution is 2.39. The molecule has 2 aromatic rings. The van der Waals surface area contributed by atoms with Crippen molar-refractivity contribution < 1.29 is 4.74 Å². The Morgan fingerprint density at radius 2 is 1.87 bits per heavy atom. The van der Waals surface area contributed by atoms with Gasteiger partial charge in [0.05, 0.1) is 6.54 Å². The molecule has 0 radical (unpaired) electrons. The zero-order valence-corrected chi connectivity index (χ0v) is 13.5. The number of benzene rings is 2. The molecule has 2 aliphatic rings. The van der Waals surface area contributed by atoms with Crippen molar-refractivity contribution in [3.8, 4) is 5.75 Å². The van der Waals surface area contributed by atoms with E-state index in [1.165, 1.54) is 11.1 Å². The van der Waals surface area contributed by atoms with E-state index in [4.69, 9.17) is 4.74 Å². The summed E-state index contributed by atoms with van der Waals surface area (Å²) in [5.41, 5.74) is 4.36. The lowest BCUT2D eigenvalue weighted by molar-refractivity contribution is 0.158. The van der Waals surface area contributed by atoms with Crippen LogP contribution in [0, 0.1) is 0 Å². The number of nitrogens with one attached hydrogen (secondary N) is 1. The van der Waals surface area contributed by atoms with Crippen molar-refractivity contribution >= 4 is 11.4 Å². The van der Waals surface area contributed by atoms with Crippen LogP contribution in [0.25, 0.3) is 5.57 Å². The molecule has 116 valence electrons. The fraction of sp³-hybridized carbons (Fsp3) is 0.250. The summed E-state index contributed by atoms with van der Waals surface area (Å²) in [6.45, 7) is 5.94. The van der Waals surface area contributed by atoms with Crippen LogP contribution in [0.15, 0.2) is 59.6 Å². The highest BCUT2D eigenvalue weighted by molar-refractivity contribution is 6.01. The Morgan fingerprint density at radius 1 is 1.04 bits per heavy atom. The van der Waals surface area contributed by atoms with Gasteiger partial charge >= 0.3 is 0 Å². The number of fused-ring (bicyclic) bond motifs is 1. The van der Waals surface area contributed by atoms with Crippen LogP contribution in [0.2, 0.25) is 0 Å². The summed E-state index contributed by atoms with van der Waals surface area (Å²) in [5, 5.41) is 3.34. The predicted molar refractivity (Wildman–Crippen MR) is 94.1 cm³/mol. The molecule has 2 aliphatic heterocycles. The summed E-state index contributed by atoms with van der Waals surface area (Å²) in [4.78, 5) is 4.53. The standard InChI is InChI=1S/C20H20N2O/c1-20(2)13-17(14-6-4-3-5-7-14)16-12-15(8-9-18(16)23-20)19-21-10-11-22-19/h3-9,12-13H,10-11H2,1-2H3,(H,21,22). The van der Waals surface area contributed by atoms with E-state index in [9.17, 15) is 0 Å². The molecule has 2 aromatic carbocycles. The molecule has 0 atom stereocenters. The Kier molecular flexibility index (Phi) is 3.22. The monoisotopic (exact) mass is 304 g/mol. The van der Waals surface area contributed by atoms with Crippen LogP contribution in [0.3, 0.4) is 0 Å². The van der Waals surface area contributed by atoms with Crippen molar-refractivity contribution in [2.45, 2.75) is 19.4 Å². The molecule has 0 amide bonds. The maximum absolute atomic E-state index is 6.15. The molecule has 0 spiro atoms. The van der Waals surface area contributed by atoms with Gasteiger partial charge in [-0.05, 0) is 49.3 Å². The predicted octanol–water partition coefficient (Wildman–Crippen LogP) is 3.64. The topological polar surface area (TPSA) is 33.6 Å². The molecule has 3 nitrogen and oxygen atoms in total. The third-order valence-corrected chi connectivity index (χ3v) is 4.17. The van der Waals surface area contributed by atoms with Gasteiger partial charge in [-0.15, -0.1) is 0 Å². The van der Waals surface area contributed by atoms with Crippen LogP contribution in [0.1, 0.15) is 30.5 Å². The fourth-order valence-electron chi connectivity index (χ4n) is 3.16. The molecule has 0 saturated carbocycles. The van der Waals surface area contributed by atoms with Crippen LogP contribution in [-0.2, 0) is 0 Å². The molecule has 23 heavy (non-hydrogen) atoms. The van der Waals surface area contributed by atoms with Crippen molar-refractivity contribution in [2.24, 2.45) is 4.99 Å². The maximum Gasteiger partial charge on any atom is 0.128 e. The second-order valence-corrected chi connectivity index (χ2v) is 6.50. The van der Waals surface area contributed by atoms with Gasteiger partial charge in [-0.3, -0.25) is 4.99 Å². The second kappa shape index (κ2) is 5.27. The van der Waals surface area contributed by atoms with E-state index in [0.29, 0.717) is 0 Å². The van der Waals surface area contributed by atoms with E-state index >= 15 is 0 Å². The van der Waals surface area contributed by atoms with Gasteiger partial charge in [0.1, 0.15) is 17.2 Å². The lowest BCUT2D eigenvalue weighted by Gasteiger charge is -2.31. The molecule has 4 rings (SSSR count). The first-order chi connectivity index (χ1) is 11.1. The third-order valence-electron chi connectivity index (χ3n) is 4.17. The van der Waals surface area contributed by atoms with Crippen molar-refractivity contribution in [2.75, 3.05) is 13.1 Å². The summed E-state index contributed by atoms with van der Waals surface area (Å²) in [6, 6.07) is 16.8. The van der Waals surface area contributed by atoms with E-state index in [-0.39, 0.29) is 5.60 Å². The number of amidine groups is 1. The summed E-state index contributed by atoms with van der Waals surface area (Å²) in [5.74, 6) is 1.91. The zero-order chi connectivity index (χ0) is 15.9. The number of hydrogen-bond acceptors (Lipinski definition) is 3. The average molecular weight is 304 g/mol. The Balaban J connectivity index is 1.86. The minimum absolute atomic E-state index is 0.317. The quantitative estimate of drug-likeness (QED) is 0.919. The van der Waals surface area contributed by atoms with E-state index in [0.717, 1.165) is 35.8 Å². The molecule has 0 unspecified atom stereocenters. The summed E-state index contributed by atoms with van der Waals surface area (Å²) in [7, 11) is 0. The zero-order valence-electron chi connectivity index (χ0n) is 13.5. The van der Waals surface area contributed by atoms with E-state index in [1.54, 1.807) is 0 Å². The second-order valence-electron chi connectivity index (χ2n) is 6.50. The Bertz CT molecular complexity index is 804. The van der Waals surface area contributed by atoms with E-state index in [2.05, 4.69) is 72.7 Å². The van der Waals surface area contributed by atoms with Crippen molar-refractivity contribution in [3.63, 3.8) is 0 Å². The van der Waals surface area contributed by atoms with Crippen molar-refractivity contribution in [1.29, 1.82) is 0 Å². The molecule has 0 saturated heterocycles. The number of nitrogens with zero attached hydrogens (tertiary/aromatic N) is 1. The molecule has 0 bridgehead atoms. The molecule has 0 fully saturated rings. The molecule has 3 heteroatoms. The first-order valence-corrected chi connectivity index (χ1v) is 8.03. The first-order valence-electron chi connectivity index (χ1n) is 8.03. The Hall–Kier alpha value is -2.55. The largest absolute Gasteiger partial charge is 0.483 e. The van der Waals surface area contributed by atoms with Gasteiger partial charge in [0.15, 0.2) is 0 Å². The first kappa shape index (κ1) is 14.1. The minimum atomic E-state index is -0.317. The molecule has 1 N–H and O–H groups in total. The highest BCUT2D eigenvalue weighted by Gasteiger charge is 2.27. The van der Waals surface area contributed by atoms with E-state index in [1.807, 2.05) is 6.07 Å². The summed E-state index contributed by atoms with van der Waals surface area (Å²) >= 11 is 0. The summed E-state index contributed by atoms with van der Waals surface area (Å²) < 4.78 is 6.15. The lowest BCUT2D eigenvalue weighted by atomic mass is 9.89. The number of rotatable bonds is 2. The Morgan fingerprint density at radius 3 is 2.61 bits per heavy atom. The third kappa shape index (κ3) is 2.63. The van der Waals surface area contributed by atoms with Crippen molar-refractivity contribution in [1.82, 2.24) is 5.32 Å². The van der Waals surface area contributed by atoms with Crippen LogP contribution in [-0.4, -0.2) is 24.5 Å². The number of aliphatic imine (C=N–C) groups is 1. The van der Waals surface area contributed by atoms with E-state index < -0.39 is 0 Å². The van der Waals surface area contributed by atoms with Crippen LogP contribution >= 0.6 is 0 Å². The van der Waals surface area contributed by atoms with Gasteiger partial charge in [-0.25, -0.2) is 0 Å². The van der Waals surface area contributed by atoms with Crippen molar-refractivity contribution in [3.05, 3.63) is 71.3 Å². The average Bonchev–Trinajstić information content (AvgIpc) is 3.08. The smallest absolute Gasteiger partial charge is 0.128 e. The molecular formula is C20H20N2O. The summed E-state index contributed by atoms with van der Waals surface area (Å²) in [6.07, 6.45) is 2.21. The van der Waals surface area contributed by atoms with Gasteiger partial charge in [-0.2, -0.15) is 0 Å².